The van der Waals surface area contributed by atoms with Gasteiger partial charge in [-0.15, -0.1) is 0 Å². The second kappa shape index (κ2) is 5.42. The number of hydrogen-bond donors (Lipinski definition) is 0. The summed E-state index contributed by atoms with van der Waals surface area (Å²) in [5, 5.41) is 3.97. The first-order valence-corrected chi connectivity index (χ1v) is 7.45. The number of hydrogen-bond acceptors (Lipinski definition) is 5. The van der Waals surface area contributed by atoms with Crippen molar-refractivity contribution in [1.29, 1.82) is 0 Å². The summed E-state index contributed by atoms with van der Waals surface area (Å²) in [6.45, 7) is 8.42. The molecule has 1 aromatic rings. The topological polar surface area (TPSA) is 58.8 Å². The van der Waals surface area contributed by atoms with Crippen LogP contribution in [0.25, 0.3) is 0 Å². The van der Waals surface area contributed by atoms with Crippen molar-refractivity contribution in [3.8, 4) is 0 Å². The summed E-state index contributed by atoms with van der Waals surface area (Å²) in [6, 6.07) is 0. The van der Waals surface area contributed by atoms with Crippen LogP contribution >= 0.6 is 0 Å². The molecule has 0 bridgehead atoms. The number of rotatable bonds is 2. The number of likely N-dealkylation sites (tertiary alicyclic amines) is 1. The first-order valence-electron chi connectivity index (χ1n) is 7.45. The molecule has 116 valence electrons. The molecule has 0 saturated carbocycles. The quantitative estimate of drug-likeness (QED) is 0.813. The molecule has 0 radical (unpaired) electrons. The highest BCUT2D eigenvalue weighted by Crippen LogP contribution is 2.35. The normalized spacial score (nSPS) is 27.6. The zero-order valence-electron chi connectivity index (χ0n) is 13.0. The molecule has 0 aliphatic carbocycles. The van der Waals surface area contributed by atoms with E-state index in [9.17, 15) is 4.79 Å². The van der Waals surface area contributed by atoms with Gasteiger partial charge in [0, 0.05) is 37.0 Å². The smallest absolute Gasteiger partial charge is 0.223 e. The standard InChI is InChI=1S/C15H23N3O3/c1-11-13(12(2)21-16-11)7-18-9-15(6-14(18)19)8-17(3)4-5-20-10-15/h4-10H2,1-3H3. The number of likely N-dealkylation sites (N-methyl/N-ethyl adjacent to an activating group) is 1. The van der Waals surface area contributed by atoms with Crippen LogP contribution in [-0.4, -0.2) is 60.8 Å². The predicted octanol–water partition coefficient (Wildman–Crippen LogP) is 0.972. The molecule has 2 aliphatic rings. The maximum absolute atomic E-state index is 12.4. The lowest BCUT2D eigenvalue weighted by Crippen LogP contribution is -2.39. The lowest BCUT2D eigenvalue weighted by molar-refractivity contribution is -0.128. The van der Waals surface area contributed by atoms with E-state index in [1.165, 1.54) is 0 Å². The average Bonchev–Trinajstić information content (AvgIpc) is 2.81. The van der Waals surface area contributed by atoms with Crippen LogP contribution in [0.3, 0.4) is 0 Å². The largest absolute Gasteiger partial charge is 0.379 e. The summed E-state index contributed by atoms with van der Waals surface area (Å²) in [7, 11) is 2.10. The number of carbonyl (C=O) groups excluding carboxylic acids is 1. The van der Waals surface area contributed by atoms with Crippen molar-refractivity contribution in [2.24, 2.45) is 5.41 Å². The van der Waals surface area contributed by atoms with Gasteiger partial charge in [-0.25, -0.2) is 0 Å². The molecule has 0 N–H and O–H groups in total. The molecule has 1 amide bonds. The van der Waals surface area contributed by atoms with E-state index in [1.54, 1.807) is 0 Å². The van der Waals surface area contributed by atoms with E-state index in [-0.39, 0.29) is 11.3 Å². The van der Waals surface area contributed by atoms with Crippen LogP contribution in [0.4, 0.5) is 0 Å². The number of ether oxygens (including phenoxy) is 1. The number of carbonyl (C=O) groups is 1. The van der Waals surface area contributed by atoms with Gasteiger partial charge >= 0.3 is 0 Å². The van der Waals surface area contributed by atoms with Crippen LogP contribution in [0.15, 0.2) is 4.52 Å². The maximum atomic E-state index is 12.4. The number of amides is 1. The molecule has 3 heterocycles. The summed E-state index contributed by atoms with van der Waals surface area (Å²) >= 11 is 0. The Morgan fingerprint density at radius 1 is 1.33 bits per heavy atom. The van der Waals surface area contributed by atoms with Crippen molar-refractivity contribution in [1.82, 2.24) is 15.0 Å². The van der Waals surface area contributed by atoms with E-state index in [0.717, 1.165) is 43.3 Å². The van der Waals surface area contributed by atoms with Gasteiger partial charge in [0.15, 0.2) is 0 Å². The lowest BCUT2D eigenvalue weighted by atomic mass is 9.87. The number of aromatic nitrogens is 1. The second-order valence-electron chi connectivity index (χ2n) is 6.52. The van der Waals surface area contributed by atoms with E-state index >= 15 is 0 Å². The van der Waals surface area contributed by atoms with Gasteiger partial charge in [-0.2, -0.15) is 0 Å². The summed E-state index contributed by atoms with van der Waals surface area (Å²) in [5.74, 6) is 1.00. The minimum Gasteiger partial charge on any atom is -0.379 e. The van der Waals surface area contributed by atoms with Gasteiger partial charge in [-0.05, 0) is 20.9 Å². The molecule has 21 heavy (non-hydrogen) atoms. The summed E-state index contributed by atoms with van der Waals surface area (Å²) < 4.78 is 10.9. The molecule has 1 spiro atoms. The zero-order valence-corrected chi connectivity index (χ0v) is 13.0. The molecule has 2 fully saturated rings. The Morgan fingerprint density at radius 2 is 2.14 bits per heavy atom. The Kier molecular flexibility index (Phi) is 3.75. The molecule has 2 saturated heterocycles. The first-order chi connectivity index (χ1) is 9.99. The van der Waals surface area contributed by atoms with Crippen LogP contribution in [0, 0.1) is 19.3 Å². The monoisotopic (exact) mass is 293 g/mol. The van der Waals surface area contributed by atoms with Crippen LogP contribution in [0.5, 0.6) is 0 Å². The maximum Gasteiger partial charge on any atom is 0.223 e. The Hall–Kier alpha value is -1.40. The average molecular weight is 293 g/mol. The third-order valence-corrected chi connectivity index (χ3v) is 4.57. The van der Waals surface area contributed by atoms with Crippen LogP contribution in [-0.2, 0) is 16.1 Å². The van der Waals surface area contributed by atoms with Crippen molar-refractivity contribution >= 4 is 5.91 Å². The Balaban J connectivity index is 1.75. The predicted molar refractivity (Wildman–Crippen MR) is 76.8 cm³/mol. The minimum atomic E-state index is -0.0681. The Morgan fingerprint density at radius 3 is 2.86 bits per heavy atom. The molecule has 0 aromatic carbocycles. The highest BCUT2D eigenvalue weighted by atomic mass is 16.5. The van der Waals surface area contributed by atoms with Gasteiger partial charge in [-0.3, -0.25) is 4.79 Å². The molecular formula is C15H23N3O3. The first kappa shape index (κ1) is 14.5. The fourth-order valence-corrected chi connectivity index (χ4v) is 3.45. The molecule has 1 unspecified atom stereocenters. The van der Waals surface area contributed by atoms with E-state index in [0.29, 0.717) is 19.6 Å². The van der Waals surface area contributed by atoms with Crippen molar-refractivity contribution in [3.05, 3.63) is 17.0 Å². The van der Waals surface area contributed by atoms with Crippen LogP contribution < -0.4 is 0 Å². The summed E-state index contributed by atoms with van der Waals surface area (Å²) in [5.41, 5.74) is 1.83. The van der Waals surface area contributed by atoms with Crippen LogP contribution in [0.2, 0.25) is 0 Å². The van der Waals surface area contributed by atoms with Crippen molar-refractivity contribution in [3.63, 3.8) is 0 Å². The fraction of sp³-hybridized carbons (Fsp3) is 0.733. The summed E-state index contributed by atoms with van der Waals surface area (Å²) in [6.07, 6.45) is 0.570. The van der Waals surface area contributed by atoms with E-state index in [1.807, 2.05) is 18.7 Å². The molecule has 6 nitrogen and oxygen atoms in total. The van der Waals surface area contributed by atoms with E-state index in [4.69, 9.17) is 9.26 Å². The minimum absolute atomic E-state index is 0.0681. The van der Waals surface area contributed by atoms with Gasteiger partial charge in [0.1, 0.15) is 5.76 Å². The molecule has 1 aromatic heterocycles. The second-order valence-corrected chi connectivity index (χ2v) is 6.52. The Labute approximate surface area is 125 Å². The van der Waals surface area contributed by atoms with Gasteiger partial charge in [0.2, 0.25) is 5.91 Å². The third-order valence-electron chi connectivity index (χ3n) is 4.57. The highest BCUT2D eigenvalue weighted by Gasteiger charge is 2.45. The number of nitrogens with zero attached hydrogens (tertiary/aromatic N) is 3. The van der Waals surface area contributed by atoms with Gasteiger partial charge < -0.3 is 19.1 Å². The van der Waals surface area contributed by atoms with E-state index < -0.39 is 0 Å². The highest BCUT2D eigenvalue weighted by molar-refractivity contribution is 5.79. The Bertz CT molecular complexity index is 523. The molecule has 2 aliphatic heterocycles. The van der Waals surface area contributed by atoms with Gasteiger partial charge in [-0.1, -0.05) is 5.16 Å². The fourth-order valence-electron chi connectivity index (χ4n) is 3.45. The van der Waals surface area contributed by atoms with Crippen molar-refractivity contribution in [2.75, 3.05) is 39.9 Å². The number of aryl methyl sites for hydroxylation is 2. The molecule has 1 atom stereocenters. The molecular weight excluding hydrogens is 270 g/mol. The third kappa shape index (κ3) is 2.82. The molecule has 6 heteroatoms. The van der Waals surface area contributed by atoms with Gasteiger partial charge in [0.25, 0.3) is 0 Å². The van der Waals surface area contributed by atoms with Gasteiger partial charge in [0.05, 0.1) is 25.5 Å². The lowest BCUT2D eigenvalue weighted by Gasteiger charge is -2.29. The van der Waals surface area contributed by atoms with Crippen molar-refractivity contribution < 1.29 is 14.1 Å². The zero-order chi connectivity index (χ0) is 15.0. The van der Waals surface area contributed by atoms with Crippen molar-refractivity contribution in [2.45, 2.75) is 26.8 Å². The summed E-state index contributed by atoms with van der Waals surface area (Å²) in [4.78, 5) is 16.6. The van der Waals surface area contributed by atoms with E-state index in [2.05, 4.69) is 17.1 Å². The molecule has 3 rings (SSSR count). The van der Waals surface area contributed by atoms with Crippen LogP contribution in [0.1, 0.15) is 23.4 Å². The SMILES string of the molecule is Cc1noc(C)c1CN1CC2(COCCN(C)C2)CC1=O.